The molecule has 0 saturated heterocycles. The molecule has 1 aromatic rings. The molecule has 0 radical (unpaired) electrons. The maximum absolute atomic E-state index is 2.45. The highest BCUT2D eigenvalue weighted by atomic mass is 15.2. The van der Waals surface area contributed by atoms with Gasteiger partial charge >= 0.3 is 0 Å². The van der Waals surface area contributed by atoms with Crippen LogP contribution in [0.15, 0.2) is 30.0 Å². The molecule has 0 fully saturated rings. The van der Waals surface area contributed by atoms with Gasteiger partial charge in [-0.3, -0.25) is 0 Å². The van der Waals surface area contributed by atoms with Gasteiger partial charge in [0.2, 0.25) is 0 Å². The molecule has 1 rings (SSSR count). The summed E-state index contributed by atoms with van der Waals surface area (Å²) in [6.45, 7) is 21.2. The molecular weight excluding hydrogens is 266 g/mol. The maximum Gasteiger partial charge on any atom is 0.0413 e. The van der Waals surface area contributed by atoms with Crippen molar-refractivity contribution >= 4 is 5.69 Å². The Bertz CT molecular complexity index is 418. The Hall–Kier alpha value is -1.24. The molecule has 1 nitrogen and oxygen atoms in total. The Morgan fingerprint density at radius 2 is 1.64 bits per heavy atom. The van der Waals surface area contributed by atoms with Gasteiger partial charge in [0.25, 0.3) is 0 Å². The smallest absolute Gasteiger partial charge is 0.0413 e. The lowest BCUT2D eigenvalue weighted by molar-refractivity contribution is 0.617. The third-order valence-electron chi connectivity index (χ3n) is 3.71. The second-order valence-electron chi connectivity index (χ2n) is 5.21. The summed E-state index contributed by atoms with van der Waals surface area (Å²) >= 11 is 0. The van der Waals surface area contributed by atoms with Gasteiger partial charge in [-0.1, -0.05) is 53.2 Å². The lowest BCUT2D eigenvalue weighted by atomic mass is 10.1. The second-order valence-corrected chi connectivity index (χ2v) is 5.21. The van der Waals surface area contributed by atoms with Crippen LogP contribution in [-0.4, -0.2) is 6.04 Å². The van der Waals surface area contributed by atoms with Crippen molar-refractivity contribution in [1.29, 1.82) is 0 Å². The largest absolute Gasteiger partial charge is 0.343 e. The molecule has 0 aliphatic heterocycles. The zero-order valence-electron chi connectivity index (χ0n) is 16.7. The summed E-state index contributed by atoms with van der Waals surface area (Å²) < 4.78 is 0. The standard InChI is InChI=1S/C17H27N.2C2H6/c1-7-9-16(6)18(15(5)8-2)17-11-10-13(3)14(4)12-17;2*1-2/h8,10-12,16H,7,9H2,1-6H3;2*1-2H3. The average molecular weight is 306 g/mol. The minimum absolute atomic E-state index is 0.549. The Balaban J connectivity index is 0. The van der Waals surface area contributed by atoms with E-state index in [0.29, 0.717) is 6.04 Å². The molecule has 128 valence electrons. The fourth-order valence-electron chi connectivity index (χ4n) is 2.37. The van der Waals surface area contributed by atoms with Crippen LogP contribution < -0.4 is 4.90 Å². The van der Waals surface area contributed by atoms with Gasteiger partial charge in [-0.2, -0.15) is 0 Å². The number of hydrogen-bond donors (Lipinski definition) is 0. The molecule has 0 spiro atoms. The lowest BCUT2D eigenvalue weighted by Gasteiger charge is -2.32. The first-order valence-corrected chi connectivity index (χ1v) is 9.00. The van der Waals surface area contributed by atoms with Crippen LogP contribution in [0.2, 0.25) is 0 Å². The molecule has 0 aliphatic carbocycles. The SMILES string of the molecule is CC.CC.CC=C(C)N(c1ccc(C)c(C)c1)C(C)CCC. The van der Waals surface area contributed by atoms with Gasteiger partial charge in [-0.05, 0) is 64.3 Å². The quantitative estimate of drug-likeness (QED) is 0.552. The molecule has 0 heterocycles. The van der Waals surface area contributed by atoms with Crippen molar-refractivity contribution in [2.75, 3.05) is 4.90 Å². The van der Waals surface area contributed by atoms with Crippen molar-refractivity contribution in [3.8, 4) is 0 Å². The van der Waals surface area contributed by atoms with Gasteiger partial charge in [-0.25, -0.2) is 0 Å². The molecule has 0 aliphatic rings. The lowest BCUT2D eigenvalue weighted by Crippen LogP contribution is -2.31. The van der Waals surface area contributed by atoms with Crippen molar-refractivity contribution < 1.29 is 0 Å². The zero-order valence-corrected chi connectivity index (χ0v) is 16.7. The topological polar surface area (TPSA) is 3.24 Å². The summed E-state index contributed by atoms with van der Waals surface area (Å²) in [6.07, 6.45) is 4.64. The van der Waals surface area contributed by atoms with E-state index >= 15 is 0 Å². The van der Waals surface area contributed by atoms with Crippen molar-refractivity contribution in [2.24, 2.45) is 0 Å². The third-order valence-corrected chi connectivity index (χ3v) is 3.71. The van der Waals surface area contributed by atoms with Crippen LogP contribution in [0.5, 0.6) is 0 Å². The fourth-order valence-corrected chi connectivity index (χ4v) is 2.37. The fraction of sp³-hybridized carbons (Fsp3) is 0.619. The zero-order chi connectivity index (χ0) is 17.7. The van der Waals surface area contributed by atoms with E-state index in [4.69, 9.17) is 0 Å². The summed E-state index contributed by atoms with van der Waals surface area (Å²) in [5.74, 6) is 0. The summed E-state index contributed by atoms with van der Waals surface area (Å²) in [4.78, 5) is 2.45. The number of nitrogens with zero attached hydrogens (tertiary/aromatic N) is 1. The monoisotopic (exact) mass is 305 g/mol. The van der Waals surface area contributed by atoms with Crippen molar-refractivity contribution in [3.63, 3.8) is 0 Å². The molecule has 1 atom stereocenters. The van der Waals surface area contributed by atoms with Crippen LogP contribution in [-0.2, 0) is 0 Å². The molecule has 0 N–H and O–H groups in total. The first kappa shape index (κ1) is 23.0. The van der Waals surface area contributed by atoms with Gasteiger partial charge in [0, 0.05) is 17.4 Å². The van der Waals surface area contributed by atoms with Crippen molar-refractivity contribution in [1.82, 2.24) is 0 Å². The van der Waals surface area contributed by atoms with Gasteiger partial charge in [0.05, 0.1) is 0 Å². The molecule has 1 unspecified atom stereocenters. The number of aryl methyl sites for hydroxylation is 2. The molecular formula is C21H39N. The van der Waals surface area contributed by atoms with Gasteiger partial charge in [-0.15, -0.1) is 0 Å². The van der Waals surface area contributed by atoms with Crippen molar-refractivity contribution in [2.45, 2.75) is 88.1 Å². The number of anilines is 1. The van der Waals surface area contributed by atoms with Crippen LogP contribution in [0.4, 0.5) is 5.69 Å². The molecule has 22 heavy (non-hydrogen) atoms. The molecule has 0 saturated carbocycles. The summed E-state index contributed by atoms with van der Waals surface area (Å²) in [7, 11) is 0. The van der Waals surface area contributed by atoms with E-state index in [9.17, 15) is 0 Å². The highest BCUT2D eigenvalue weighted by molar-refractivity contribution is 5.55. The highest BCUT2D eigenvalue weighted by Gasteiger charge is 2.15. The van der Waals surface area contributed by atoms with E-state index in [1.807, 2.05) is 27.7 Å². The number of rotatable bonds is 5. The van der Waals surface area contributed by atoms with Crippen molar-refractivity contribution in [3.05, 3.63) is 41.1 Å². The Kier molecular flexibility index (Phi) is 14.1. The first-order valence-electron chi connectivity index (χ1n) is 9.00. The minimum atomic E-state index is 0.549. The summed E-state index contributed by atoms with van der Waals surface area (Å²) in [5.41, 5.74) is 5.37. The summed E-state index contributed by atoms with van der Waals surface area (Å²) in [5, 5.41) is 0. The summed E-state index contributed by atoms with van der Waals surface area (Å²) in [6, 6.07) is 7.31. The Labute approximate surface area is 140 Å². The Morgan fingerprint density at radius 1 is 1.09 bits per heavy atom. The number of benzene rings is 1. The van der Waals surface area contributed by atoms with Gasteiger partial charge in [0.1, 0.15) is 0 Å². The van der Waals surface area contributed by atoms with E-state index in [1.165, 1.54) is 35.4 Å². The van der Waals surface area contributed by atoms with Crippen LogP contribution in [0.3, 0.4) is 0 Å². The number of allylic oxidation sites excluding steroid dienone is 2. The normalized spacial score (nSPS) is 11.6. The molecule has 0 bridgehead atoms. The highest BCUT2D eigenvalue weighted by Crippen LogP contribution is 2.26. The predicted octanol–water partition coefficient (Wildman–Crippen LogP) is 7.27. The molecule has 1 aromatic carbocycles. The van der Waals surface area contributed by atoms with E-state index < -0.39 is 0 Å². The van der Waals surface area contributed by atoms with Crippen LogP contribution in [0, 0.1) is 13.8 Å². The van der Waals surface area contributed by atoms with Crippen LogP contribution in [0.1, 0.15) is 79.4 Å². The van der Waals surface area contributed by atoms with E-state index in [-0.39, 0.29) is 0 Å². The van der Waals surface area contributed by atoms with Crippen LogP contribution in [0.25, 0.3) is 0 Å². The van der Waals surface area contributed by atoms with Gasteiger partial charge in [0.15, 0.2) is 0 Å². The van der Waals surface area contributed by atoms with Gasteiger partial charge < -0.3 is 4.90 Å². The third kappa shape index (κ3) is 7.15. The number of hydrogen-bond acceptors (Lipinski definition) is 1. The van der Waals surface area contributed by atoms with E-state index in [0.717, 1.165) is 0 Å². The molecule has 0 amide bonds. The van der Waals surface area contributed by atoms with Crippen LogP contribution >= 0.6 is 0 Å². The predicted molar refractivity (Wildman–Crippen MR) is 105 cm³/mol. The average Bonchev–Trinajstić information content (AvgIpc) is 2.55. The minimum Gasteiger partial charge on any atom is -0.343 e. The Morgan fingerprint density at radius 3 is 2.05 bits per heavy atom. The van der Waals surface area contributed by atoms with E-state index in [2.05, 4.69) is 70.7 Å². The maximum atomic E-state index is 2.45. The second kappa shape index (κ2) is 13.4. The molecule has 0 aromatic heterocycles. The first-order chi connectivity index (χ1) is 10.5. The van der Waals surface area contributed by atoms with E-state index in [1.54, 1.807) is 0 Å². The molecule has 1 heteroatoms.